The van der Waals surface area contributed by atoms with Crippen LogP contribution in [0.1, 0.15) is 120 Å². The summed E-state index contributed by atoms with van der Waals surface area (Å²) in [6.45, 7) is 2.09. The van der Waals surface area contributed by atoms with Crippen molar-refractivity contribution in [3.8, 4) is 0 Å². The van der Waals surface area contributed by atoms with Gasteiger partial charge in [0.15, 0.2) is 5.78 Å². The highest BCUT2D eigenvalue weighted by molar-refractivity contribution is 6.05. The van der Waals surface area contributed by atoms with Crippen LogP contribution in [0, 0.1) is 5.92 Å². The first-order valence-electron chi connectivity index (χ1n) is 32.6. The van der Waals surface area contributed by atoms with Crippen molar-refractivity contribution >= 4 is 129 Å². The molecule has 1 aliphatic heterocycles. The fourth-order valence-electron chi connectivity index (χ4n) is 10.3. The summed E-state index contributed by atoms with van der Waals surface area (Å²) in [6, 6.07) is -9.57. The summed E-state index contributed by atoms with van der Waals surface area (Å²) in [7, 11) is 0. The van der Waals surface area contributed by atoms with Crippen molar-refractivity contribution < 1.29 is 133 Å². The zero-order valence-electron chi connectivity index (χ0n) is 57.5. The van der Waals surface area contributed by atoms with E-state index in [0.29, 0.717) is 22.9 Å². The third kappa shape index (κ3) is 27.4. The number of anilines is 1. The van der Waals surface area contributed by atoms with Crippen LogP contribution >= 0.6 is 0 Å². The highest BCUT2D eigenvalue weighted by atomic mass is 16.7. The molecule has 41 heteroatoms. The number of carboxylic acids is 3. The fraction of sp³-hybridized carbons (Fsp3) is 0.484. The number of cyclic esters (lactones) is 1. The maximum Gasteiger partial charge on any atom is 0.329 e. The monoisotopic (exact) mass is 1490 g/mol. The second kappa shape index (κ2) is 41.2. The van der Waals surface area contributed by atoms with E-state index in [2.05, 4.69) is 57.7 Å². The number of nitrogen functional groups attached to an aromatic ring is 1. The molecule has 0 aliphatic carbocycles. The van der Waals surface area contributed by atoms with Gasteiger partial charge in [-0.05, 0) is 63.3 Å². The van der Waals surface area contributed by atoms with Crippen LogP contribution in [-0.4, -0.2) is 230 Å². The number of carbonyl (C=O) groups is 19. The predicted molar refractivity (Wildman–Crippen MR) is 376 cm³/mol. The van der Waals surface area contributed by atoms with Crippen LogP contribution in [0.15, 0.2) is 54.7 Å². The Kier molecular flexibility index (Phi) is 33.5. The second-order valence-corrected chi connectivity index (χ2v) is 24.4. The minimum Gasteiger partial charge on any atom is -0.481 e. The van der Waals surface area contributed by atoms with Gasteiger partial charge in [-0.1, -0.05) is 57.0 Å². The Morgan fingerprint density at radius 2 is 1.18 bits per heavy atom. The molecule has 1 aliphatic rings. The van der Waals surface area contributed by atoms with Crippen LogP contribution in [-0.2, 0) is 102 Å². The van der Waals surface area contributed by atoms with Crippen molar-refractivity contribution in [2.24, 2.45) is 17.5 Å². The van der Waals surface area contributed by atoms with E-state index in [-0.39, 0.29) is 41.9 Å². The normalized spacial score (nSPS) is 22.1. The Balaban J connectivity index is -0.00000486. The molecular weight excluding hydrogens is 1390 g/mol. The number of aliphatic carboxylic acids is 3. The molecule has 2 aromatic carbocycles. The molecular formula is C64H102N16O25. The van der Waals surface area contributed by atoms with Gasteiger partial charge in [0.05, 0.1) is 51.4 Å². The molecule has 1 fully saturated rings. The Morgan fingerprint density at radius 1 is 0.629 bits per heavy atom. The lowest BCUT2D eigenvalue weighted by atomic mass is 9.96. The summed E-state index contributed by atoms with van der Waals surface area (Å²) in [5, 5.41) is 66.0. The number of aliphatic hydroxyl groups is 1. The number of hydrogen-bond donors (Lipinski definition) is 20. The number of unbranched alkanes of at least 4 members (excludes halogenated alkanes) is 1. The Hall–Kier alpha value is -12.0. The van der Waals surface area contributed by atoms with E-state index < -0.39 is 249 Å². The first-order valence-corrected chi connectivity index (χ1v) is 32.6. The van der Waals surface area contributed by atoms with Gasteiger partial charge in [0, 0.05) is 52.6 Å². The number of carboxylic acid groups (broad SMARTS) is 3. The average molecular weight is 1500 g/mol. The van der Waals surface area contributed by atoms with Crippen LogP contribution in [0.5, 0.6) is 0 Å². The van der Waals surface area contributed by atoms with Crippen molar-refractivity contribution in [1.82, 2.24) is 68.8 Å². The number of ether oxygens (including phenoxy) is 1. The highest BCUT2D eigenvalue weighted by Gasteiger charge is 2.41. The predicted octanol–water partition coefficient (Wildman–Crippen LogP) is -5.06. The minimum absolute atomic E-state index is 0. The molecule has 0 bridgehead atoms. The molecule has 588 valence electrons. The zero-order valence-corrected chi connectivity index (χ0v) is 57.5. The summed E-state index contributed by atoms with van der Waals surface area (Å²) in [5.41, 5.74) is 13.2. The molecule has 0 radical (unpaired) electrons. The Bertz CT molecular complexity index is 3810. The number of carbonyl (C=O) groups excluding carboxylic acids is 16. The second-order valence-electron chi connectivity index (χ2n) is 24.4. The number of aliphatic hydroxyl groups excluding tert-OH is 1. The quantitative estimate of drug-likeness (QED) is 0.0155. The number of ketones is 2. The van der Waals surface area contributed by atoms with Crippen molar-refractivity contribution in [2.75, 3.05) is 25.4 Å². The maximum absolute atomic E-state index is 14.8. The first-order chi connectivity index (χ1) is 49.5. The number of aromatic nitrogens is 1. The number of fused-ring (bicyclic) bond motifs is 1. The molecule has 4 rings (SSSR count). The fourth-order valence-corrected chi connectivity index (χ4v) is 10.3. The molecule has 1 aromatic heterocycles. The van der Waals surface area contributed by atoms with Gasteiger partial charge in [-0.15, -0.1) is 0 Å². The molecule has 3 aromatic rings. The standard InChI is InChI=1S/C64H86N16O25.8H2/c1-6-7-15-38-57(96)76-41(22-50(90)91)58(97)71-30(4)54(93)74-40(21-49(88)89)56(95)69-25-47(85)73-44(27-81)61(100)79-52(28(2)17-48(86)87)63(102)78-43(20-45(83)34-13-8-10-14-35(34)65)64(103)104-31(5)53(62(101)70-26-46(84)72-38)80-60(99)42(23-51(92)105-67)77-59(98)39(18-29(3)82)75-55(94)36(66)19-32-24-68-37-16-11-9-12-33(32)37;;;;;;;;/h8-14,16,24,28,30-31,36,38-44,52-53,68,81H,6-7,15,17-23,25-27,65-67H2,1-5H3,(H,69,95)(H,70,101)(H,71,97)(H,72,84)(H,73,85)(H,74,93)(H,75,94)(H,76,96)(H,77,98)(H,78,102)(H,79,100)(H,80,99)(H,86,87)(H,88,89)(H,90,91);8*1H/t28?,30?,31?,36-,38?,39+,40?,41?,42?,43?,44?,52?,53?;;;;;;;;/m1......../s1. The van der Waals surface area contributed by atoms with Crippen LogP contribution < -0.4 is 81.2 Å². The van der Waals surface area contributed by atoms with Crippen LogP contribution in [0.3, 0.4) is 0 Å². The average Bonchev–Trinajstić information content (AvgIpc) is 1.80. The molecule has 2 heterocycles. The number of para-hydroxylation sites is 2. The van der Waals surface area contributed by atoms with E-state index in [0.717, 1.165) is 27.7 Å². The SMILES string of the molecule is CCCCC1NC(=O)CNC(=O)C(NC(=O)C(CC(=O)ON)NC(=O)[C@H](CC(C)=O)NC(=O)[C@H](N)Cc2c[nH]c3ccccc23)C(C)OC(=O)C(CC(=O)c2ccccc2N)NC(=O)C(C(C)CC(=O)O)NC(=O)C(CO)NC(=O)CNC(=O)C(CC(=O)O)NC(=O)C(C)NC(=O)C(CC(=O)O)NC1=O.[HH].[HH].[HH].[HH].[HH].[HH].[HH].[HH]. The third-order valence-corrected chi connectivity index (χ3v) is 15.9. The van der Waals surface area contributed by atoms with Gasteiger partial charge >= 0.3 is 29.8 Å². The zero-order chi connectivity index (χ0) is 78.5. The molecule has 12 amide bonds. The van der Waals surface area contributed by atoms with Crippen molar-refractivity contribution in [2.45, 2.75) is 171 Å². The lowest BCUT2D eigenvalue weighted by molar-refractivity contribution is -0.156. The van der Waals surface area contributed by atoms with Crippen LogP contribution in [0.25, 0.3) is 10.9 Å². The number of amides is 12. The summed E-state index contributed by atoms with van der Waals surface area (Å²) in [5.74, 6) is -22.3. The smallest absolute Gasteiger partial charge is 0.329 e. The van der Waals surface area contributed by atoms with Gasteiger partial charge in [-0.2, -0.15) is 5.90 Å². The van der Waals surface area contributed by atoms with Gasteiger partial charge in [-0.3, -0.25) is 86.3 Å². The molecule has 105 heavy (non-hydrogen) atoms. The number of Topliss-reactive ketones (excluding diaryl/α,β-unsaturated/α-hetero) is 2. The Labute approximate surface area is 609 Å². The maximum atomic E-state index is 14.8. The number of aromatic amines is 1. The van der Waals surface area contributed by atoms with E-state index in [1.54, 1.807) is 37.4 Å². The summed E-state index contributed by atoms with van der Waals surface area (Å²) in [6.07, 6.45) is -6.79. The number of nitrogens with two attached hydrogens (primary N) is 3. The number of rotatable bonds is 26. The van der Waals surface area contributed by atoms with Gasteiger partial charge in [0.2, 0.25) is 70.9 Å². The number of nitrogens with one attached hydrogen (secondary N) is 13. The van der Waals surface area contributed by atoms with Crippen molar-refractivity contribution in [3.63, 3.8) is 0 Å². The number of hydrogen-bond acceptors (Lipinski definition) is 25. The van der Waals surface area contributed by atoms with E-state index in [4.69, 9.17) is 22.1 Å². The molecule has 23 N–H and O–H groups in total. The van der Waals surface area contributed by atoms with E-state index in [9.17, 15) is 112 Å². The van der Waals surface area contributed by atoms with Crippen molar-refractivity contribution in [3.05, 3.63) is 65.9 Å². The van der Waals surface area contributed by atoms with E-state index in [1.807, 2.05) is 16.0 Å². The van der Waals surface area contributed by atoms with Gasteiger partial charge in [0.25, 0.3) is 0 Å². The number of H-pyrrole nitrogens is 1. The molecule has 1 saturated heterocycles. The topological polar surface area (TPSA) is 662 Å². The van der Waals surface area contributed by atoms with E-state index >= 15 is 0 Å². The highest BCUT2D eigenvalue weighted by Crippen LogP contribution is 2.21. The summed E-state index contributed by atoms with van der Waals surface area (Å²) < 4.78 is 5.68. The molecule has 0 saturated carbocycles. The molecule has 13 atom stereocenters. The molecule has 11 unspecified atom stereocenters. The van der Waals surface area contributed by atoms with Crippen molar-refractivity contribution in [1.29, 1.82) is 0 Å². The molecule has 0 spiro atoms. The van der Waals surface area contributed by atoms with Gasteiger partial charge in [0.1, 0.15) is 72.3 Å². The minimum atomic E-state index is -2.37. The lowest BCUT2D eigenvalue weighted by Crippen LogP contribution is -2.61. The summed E-state index contributed by atoms with van der Waals surface area (Å²) in [4.78, 5) is 265. The lowest BCUT2D eigenvalue weighted by Gasteiger charge is -2.30. The van der Waals surface area contributed by atoms with Crippen LogP contribution in [0.2, 0.25) is 0 Å². The van der Waals surface area contributed by atoms with Crippen LogP contribution in [0.4, 0.5) is 5.69 Å². The van der Waals surface area contributed by atoms with Gasteiger partial charge in [-0.25, -0.2) is 4.79 Å². The Morgan fingerprint density at radius 3 is 1.78 bits per heavy atom. The summed E-state index contributed by atoms with van der Waals surface area (Å²) >= 11 is 0. The van der Waals surface area contributed by atoms with Gasteiger partial charge < -0.3 is 110 Å². The number of benzene rings is 2. The largest absolute Gasteiger partial charge is 0.481 e. The van der Waals surface area contributed by atoms with E-state index in [1.165, 1.54) is 24.3 Å². The third-order valence-electron chi connectivity index (χ3n) is 15.9. The first kappa shape index (κ1) is 85.4. The molecule has 41 nitrogen and oxygen atoms in total. The number of esters is 1.